The molecule has 3 rings (SSSR count). The van der Waals surface area contributed by atoms with Gasteiger partial charge in [-0.1, -0.05) is 6.07 Å². The lowest BCUT2D eigenvalue weighted by atomic mass is 10.2. The first-order valence-electron chi connectivity index (χ1n) is 8.62. The van der Waals surface area contributed by atoms with Crippen molar-refractivity contribution in [1.82, 2.24) is 0 Å². The summed E-state index contributed by atoms with van der Waals surface area (Å²) in [5, 5.41) is 0. The molecule has 0 unspecified atom stereocenters. The molecule has 28 heavy (non-hydrogen) atoms. The number of cyclic esters (lactones) is 1. The number of carbonyl (C=O) groups is 2. The molecule has 0 spiro atoms. The molecule has 0 saturated carbocycles. The standard InChI is InChI=1S/C19H19NO7S/c1-2-25-15-6-8-16(9-7-15)28(23,24)20-14-5-3-4-13(12-14)18(21)27-17-10-11-26-19(17)22/h3-9,12,17,20H,2,10-11H2,1H3/t17-/m0/s1. The number of esters is 2. The number of hydrogen-bond acceptors (Lipinski definition) is 7. The van der Waals surface area contributed by atoms with E-state index in [-0.39, 0.29) is 22.8 Å². The van der Waals surface area contributed by atoms with Crippen molar-refractivity contribution in [1.29, 1.82) is 0 Å². The molecule has 1 aliphatic rings. The molecule has 0 amide bonds. The average molecular weight is 405 g/mol. The fourth-order valence-corrected chi connectivity index (χ4v) is 3.64. The molecule has 1 heterocycles. The van der Waals surface area contributed by atoms with Crippen LogP contribution < -0.4 is 9.46 Å². The second-order valence-electron chi connectivity index (χ2n) is 5.94. The lowest BCUT2D eigenvalue weighted by Crippen LogP contribution is -2.22. The molecule has 1 atom stereocenters. The fourth-order valence-electron chi connectivity index (χ4n) is 2.59. The second-order valence-corrected chi connectivity index (χ2v) is 7.62. The maximum absolute atomic E-state index is 12.5. The Bertz CT molecular complexity index is 970. The highest BCUT2D eigenvalue weighted by Crippen LogP contribution is 2.21. The number of hydrogen-bond donors (Lipinski definition) is 1. The Morgan fingerprint density at radius 3 is 2.61 bits per heavy atom. The molecule has 1 saturated heterocycles. The van der Waals surface area contributed by atoms with Crippen LogP contribution in [0.2, 0.25) is 0 Å². The molecule has 2 aromatic rings. The van der Waals surface area contributed by atoms with E-state index in [0.29, 0.717) is 18.8 Å². The van der Waals surface area contributed by atoms with E-state index in [2.05, 4.69) is 4.72 Å². The van der Waals surface area contributed by atoms with E-state index in [9.17, 15) is 18.0 Å². The smallest absolute Gasteiger partial charge is 0.347 e. The molecule has 148 valence electrons. The van der Waals surface area contributed by atoms with Crippen LogP contribution in [0.4, 0.5) is 5.69 Å². The topological polar surface area (TPSA) is 108 Å². The van der Waals surface area contributed by atoms with Crippen molar-refractivity contribution in [2.45, 2.75) is 24.3 Å². The third-order valence-corrected chi connectivity index (χ3v) is 5.33. The van der Waals surface area contributed by atoms with Crippen molar-refractivity contribution in [2.24, 2.45) is 0 Å². The average Bonchev–Trinajstić information content (AvgIpc) is 3.07. The van der Waals surface area contributed by atoms with Crippen molar-refractivity contribution in [3.05, 3.63) is 54.1 Å². The zero-order valence-electron chi connectivity index (χ0n) is 15.1. The summed E-state index contributed by atoms with van der Waals surface area (Å²) in [6.45, 7) is 2.52. The molecule has 0 aliphatic carbocycles. The van der Waals surface area contributed by atoms with Gasteiger partial charge in [0.25, 0.3) is 10.0 Å². The number of carbonyl (C=O) groups excluding carboxylic acids is 2. The van der Waals surface area contributed by atoms with E-state index < -0.39 is 28.1 Å². The van der Waals surface area contributed by atoms with Crippen LogP contribution in [0.3, 0.4) is 0 Å². The third-order valence-electron chi connectivity index (χ3n) is 3.93. The highest BCUT2D eigenvalue weighted by molar-refractivity contribution is 7.92. The SMILES string of the molecule is CCOc1ccc(S(=O)(=O)Nc2cccc(C(=O)O[C@H]3CCOC3=O)c2)cc1. The quantitative estimate of drug-likeness (QED) is 0.705. The van der Waals surface area contributed by atoms with Gasteiger partial charge in [-0.2, -0.15) is 0 Å². The van der Waals surface area contributed by atoms with Gasteiger partial charge in [0, 0.05) is 12.1 Å². The Morgan fingerprint density at radius 1 is 1.21 bits per heavy atom. The number of benzene rings is 2. The lowest BCUT2D eigenvalue weighted by Gasteiger charge is -2.11. The minimum atomic E-state index is -3.85. The molecule has 8 nitrogen and oxygen atoms in total. The van der Waals surface area contributed by atoms with Crippen LogP contribution in [0.1, 0.15) is 23.7 Å². The number of nitrogens with one attached hydrogen (secondary N) is 1. The third kappa shape index (κ3) is 4.61. The van der Waals surface area contributed by atoms with Gasteiger partial charge >= 0.3 is 11.9 Å². The van der Waals surface area contributed by atoms with Crippen LogP contribution in [0.5, 0.6) is 5.75 Å². The van der Waals surface area contributed by atoms with Gasteiger partial charge in [-0.3, -0.25) is 4.72 Å². The molecular formula is C19H19NO7S. The second kappa shape index (κ2) is 8.30. The van der Waals surface area contributed by atoms with Crippen molar-refractivity contribution in [3.8, 4) is 5.75 Å². The number of ether oxygens (including phenoxy) is 3. The first-order chi connectivity index (χ1) is 13.4. The van der Waals surface area contributed by atoms with Gasteiger partial charge in [0.2, 0.25) is 6.10 Å². The van der Waals surface area contributed by atoms with Crippen LogP contribution in [0.15, 0.2) is 53.4 Å². The summed E-state index contributed by atoms with van der Waals surface area (Å²) in [4.78, 5) is 23.7. The molecule has 1 N–H and O–H groups in total. The highest BCUT2D eigenvalue weighted by Gasteiger charge is 2.30. The lowest BCUT2D eigenvalue weighted by molar-refractivity contribution is -0.145. The summed E-state index contributed by atoms with van der Waals surface area (Å²) in [5.41, 5.74) is 0.309. The van der Waals surface area contributed by atoms with E-state index in [1.165, 1.54) is 36.4 Å². The normalized spacial score (nSPS) is 16.3. The summed E-state index contributed by atoms with van der Waals surface area (Å²) < 4.78 is 42.7. The van der Waals surface area contributed by atoms with Crippen LogP contribution >= 0.6 is 0 Å². The molecule has 1 aliphatic heterocycles. The van der Waals surface area contributed by atoms with Crippen LogP contribution in [-0.2, 0) is 24.3 Å². The van der Waals surface area contributed by atoms with Crippen LogP contribution in [0.25, 0.3) is 0 Å². The van der Waals surface area contributed by atoms with Crippen molar-refractivity contribution >= 4 is 27.6 Å². The van der Waals surface area contributed by atoms with E-state index in [0.717, 1.165) is 0 Å². The summed E-state index contributed by atoms with van der Waals surface area (Å²) in [6, 6.07) is 11.8. The van der Waals surface area contributed by atoms with E-state index >= 15 is 0 Å². The first-order valence-corrected chi connectivity index (χ1v) is 10.1. The Morgan fingerprint density at radius 2 is 1.96 bits per heavy atom. The Balaban J connectivity index is 1.72. The maximum Gasteiger partial charge on any atom is 0.347 e. The van der Waals surface area contributed by atoms with Gasteiger partial charge in [-0.05, 0) is 49.4 Å². The number of sulfonamides is 1. The first kappa shape index (κ1) is 19.7. The summed E-state index contributed by atoms with van der Waals surface area (Å²) >= 11 is 0. The zero-order chi connectivity index (χ0) is 20.1. The summed E-state index contributed by atoms with van der Waals surface area (Å²) in [5.74, 6) is -0.747. The zero-order valence-corrected chi connectivity index (χ0v) is 15.9. The molecule has 2 aromatic carbocycles. The number of rotatable bonds is 7. The van der Waals surface area contributed by atoms with Crippen molar-refractivity contribution < 1.29 is 32.2 Å². The number of anilines is 1. The summed E-state index contributed by atoms with van der Waals surface area (Å²) in [7, 11) is -3.85. The van der Waals surface area contributed by atoms with Gasteiger partial charge in [0.05, 0.1) is 23.7 Å². The minimum absolute atomic E-state index is 0.0534. The molecule has 1 fully saturated rings. The van der Waals surface area contributed by atoms with Gasteiger partial charge in [-0.25, -0.2) is 18.0 Å². The van der Waals surface area contributed by atoms with E-state index in [1.54, 1.807) is 12.1 Å². The molecule has 0 aromatic heterocycles. The van der Waals surface area contributed by atoms with Crippen molar-refractivity contribution in [2.75, 3.05) is 17.9 Å². The van der Waals surface area contributed by atoms with Gasteiger partial charge in [0.15, 0.2) is 0 Å². The predicted octanol–water partition coefficient (Wildman–Crippen LogP) is 2.36. The molecule has 9 heteroatoms. The molecular weight excluding hydrogens is 386 g/mol. The molecule has 0 radical (unpaired) electrons. The maximum atomic E-state index is 12.5. The van der Waals surface area contributed by atoms with Crippen LogP contribution in [0, 0.1) is 0 Å². The monoisotopic (exact) mass is 405 g/mol. The Labute approximate surface area is 162 Å². The van der Waals surface area contributed by atoms with Gasteiger partial charge in [0.1, 0.15) is 5.75 Å². The van der Waals surface area contributed by atoms with Crippen molar-refractivity contribution in [3.63, 3.8) is 0 Å². The Kier molecular flexibility index (Phi) is 5.84. The van der Waals surface area contributed by atoms with Gasteiger partial charge in [-0.15, -0.1) is 0 Å². The predicted molar refractivity (Wildman–Crippen MR) is 99.6 cm³/mol. The largest absolute Gasteiger partial charge is 0.494 e. The fraction of sp³-hybridized carbons (Fsp3) is 0.263. The Hall–Kier alpha value is -3.07. The van der Waals surface area contributed by atoms with E-state index in [4.69, 9.17) is 14.2 Å². The van der Waals surface area contributed by atoms with Gasteiger partial charge < -0.3 is 14.2 Å². The highest BCUT2D eigenvalue weighted by atomic mass is 32.2. The minimum Gasteiger partial charge on any atom is -0.494 e. The van der Waals surface area contributed by atoms with Crippen LogP contribution in [-0.4, -0.2) is 39.7 Å². The summed E-state index contributed by atoms with van der Waals surface area (Å²) in [6.07, 6.45) is -0.633. The van der Waals surface area contributed by atoms with E-state index in [1.807, 2.05) is 6.92 Å². The molecule has 0 bridgehead atoms.